The van der Waals surface area contributed by atoms with Crippen molar-refractivity contribution in [3.63, 3.8) is 0 Å². The zero-order valence-corrected chi connectivity index (χ0v) is 19.6. The topological polar surface area (TPSA) is 77.9 Å². The maximum absolute atomic E-state index is 11.3. The molecule has 0 radical (unpaired) electrons. The van der Waals surface area contributed by atoms with Crippen LogP contribution in [0.5, 0.6) is 5.75 Å². The van der Waals surface area contributed by atoms with Gasteiger partial charge in [-0.3, -0.25) is 0 Å². The summed E-state index contributed by atoms with van der Waals surface area (Å²) in [5.41, 5.74) is 4.08. The lowest BCUT2D eigenvalue weighted by atomic mass is 9.89. The van der Waals surface area contributed by atoms with E-state index in [1.807, 2.05) is 30.3 Å². The molecular formula is C27H32N4O3. The van der Waals surface area contributed by atoms with Crippen LogP contribution in [0.25, 0.3) is 22.2 Å². The van der Waals surface area contributed by atoms with Gasteiger partial charge in [0.05, 0.1) is 18.3 Å². The van der Waals surface area contributed by atoms with Gasteiger partial charge in [-0.25, -0.2) is 9.78 Å². The van der Waals surface area contributed by atoms with Crippen molar-refractivity contribution in [3.05, 3.63) is 54.6 Å². The summed E-state index contributed by atoms with van der Waals surface area (Å²) in [5.74, 6) is 1.95. The highest BCUT2D eigenvalue weighted by Gasteiger charge is 2.37. The number of nitrogens with one attached hydrogen (secondary N) is 1. The minimum atomic E-state index is -0.778. The molecule has 34 heavy (non-hydrogen) atoms. The highest BCUT2D eigenvalue weighted by molar-refractivity contribution is 5.93. The first-order valence-corrected chi connectivity index (χ1v) is 12.1. The molecule has 2 atom stereocenters. The van der Waals surface area contributed by atoms with Gasteiger partial charge in [0.15, 0.2) is 0 Å². The van der Waals surface area contributed by atoms with Gasteiger partial charge >= 0.3 is 6.09 Å². The van der Waals surface area contributed by atoms with Crippen molar-refractivity contribution in [2.45, 2.75) is 12.8 Å². The van der Waals surface area contributed by atoms with E-state index in [0.717, 1.165) is 72.6 Å². The van der Waals surface area contributed by atoms with E-state index >= 15 is 0 Å². The van der Waals surface area contributed by atoms with Gasteiger partial charge in [0.1, 0.15) is 5.75 Å². The average Bonchev–Trinajstić information content (AvgIpc) is 3.28. The molecule has 0 saturated carbocycles. The summed E-state index contributed by atoms with van der Waals surface area (Å²) >= 11 is 0. The number of carbonyl (C=O) groups is 1. The van der Waals surface area contributed by atoms with Crippen LogP contribution in [-0.4, -0.2) is 72.4 Å². The summed E-state index contributed by atoms with van der Waals surface area (Å²) in [4.78, 5) is 20.3. The van der Waals surface area contributed by atoms with Crippen molar-refractivity contribution in [3.8, 4) is 17.0 Å². The lowest BCUT2D eigenvalue weighted by Crippen LogP contribution is -2.42. The van der Waals surface area contributed by atoms with Crippen molar-refractivity contribution >= 4 is 22.7 Å². The molecule has 0 aliphatic carbocycles. The summed E-state index contributed by atoms with van der Waals surface area (Å²) in [6.07, 6.45) is 1.25. The van der Waals surface area contributed by atoms with Crippen LogP contribution in [0.3, 0.4) is 0 Å². The maximum atomic E-state index is 11.3. The molecule has 3 aromatic rings. The second-order valence-electron chi connectivity index (χ2n) is 9.38. The molecular weight excluding hydrogens is 428 g/mol. The third-order valence-corrected chi connectivity index (χ3v) is 7.22. The van der Waals surface area contributed by atoms with E-state index in [9.17, 15) is 9.90 Å². The molecule has 178 valence electrons. The molecule has 2 aliphatic heterocycles. The van der Waals surface area contributed by atoms with Crippen LogP contribution in [0.2, 0.25) is 0 Å². The Morgan fingerprint density at radius 3 is 2.71 bits per heavy atom. The Kier molecular flexibility index (Phi) is 6.54. The van der Waals surface area contributed by atoms with Gasteiger partial charge < -0.3 is 25.0 Å². The largest absolute Gasteiger partial charge is 0.497 e. The second-order valence-corrected chi connectivity index (χ2v) is 9.38. The van der Waals surface area contributed by atoms with Crippen molar-refractivity contribution in [1.82, 2.24) is 14.8 Å². The van der Waals surface area contributed by atoms with Crippen molar-refractivity contribution in [1.29, 1.82) is 0 Å². The molecule has 0 spiro atoms. The number of rotatable bonds is 7. The molecule has 1 amide bonds. The fourth-order valence-corrected chi connectivity index (χ4v) is 5.38. The van der Waals surface area contributed by atoms with E-state index in [1.165, 1.54) is 0 Å². The zero-order valence-electron chi connectivity index (χ0n) is 19.6. The first-order valence-electron chi connectivity index (χ1n) is 12.1. The first kappa shape index (κ1) is 22.5. The number of likely N-dealkylation sites (tertiary alicyclic amines) is 2. The monoisotopic (exact) mass is 460 g/mol. The molecule has 2 saturated heterocycles. The van der Waals surface area contributed by atoms with Gasteiger partial charge in [-0.2, -0.15) is 0 Å². The summed E-state index contributed by atoms with van der Waals surface area (Å²) in [7, 11) is 1.67. The van der Waals surface area contributed by atoms with Gasteiger partial charge in [-0.1, -0.05) is 18.2 Å². The number of aromatic nitrogens is 1. The van der Waals surface area contributed by atoms with Crippen molar-refractivity contribution in [2.24, 2.45) is 11.8 Å². The Morgan fingerprint density at radius 1 is 1.12 bits per heavy atom. The van der Waals surface area contributed by atoms with E-state index in [2.05, 4.69) is 34.5 Å². The van der Waals surface area contributed by atoms with Crippen LogP contribution in [0.4, 0.5) is 10.5 Å². The summed E-state index contributed by atoms with van der Waals surface area (Å²) in [5, 5.41) is 14.1. The number of amides is 1. The number of fused-ring (bicyclic) bond motifs is 2. The van der Waals surface area contributed by atoms with Crippen molar-refractivity contribution in [2.75, 3.05) is 51.7 Å². The summed E-state index contributed by atoms with van der Waals surface area (Å²) in [6.45, 7) is 5.38. The van der Waals surface area contributed by atoms with Gasteiger partial charge in [0, 0.05) is 49.4 Å². The number of ether oxygens (including phenoxy) is 1. The van der Waals surface area contributed by atoms with Gasteiger partial charge in [0.25, 0.3) is 0 Å². The molecule has 7 heteroatoms. The number of hydrogen-bond acceptors (Lipinski definition) is 5. The van der Waals surface area contributed by atoms with E-state index in [1.54, 1.807) is 12.0 Å². The maximum Gasteiger partial charge on any atom is 0.407 e. The van der Waals surface area contributed by atoms with Crippen LogP contribution >= 0.6 is 0 Å². The smallest absolute Gasteiger partial charge is 0.407 e. The minimum absolute atomic E-state index is 0.481. The average molecular weight is 461 g/mol. The fraction of sp³-hybridized carbons (Fsp3) is 0.407. The molecule has 1 aromatic heterocycles. The van der Waals surface area contributed by atoms with Crippen LogP contribution < -0.4 is 10.1 Å². The number of para-hydroxylation sites is 1. The van der Waals surface area contributed by atoms with Gasteiger partial charge in [-0.15, -0.1) is 0 Å². The Hall–Kier alpha value is -3.32. The molecule has 7 nitrogen and oxygen atoms in total. The molecule has 2 unspecified atom stereocenters. The predicted octanol–water partition coefficient (Wildman–Crippen LogP) is 4.64. The Bertz CT molecular complexity index is 1150. The number of benzene rings is 2. The lowest BCUT2D eigenvalue weighted by molar-refractivity contribution is 0.110. The molecule has 2 N–H and O–H groups in total. The Morgan fingerprint density at radius 2 is 1.91 bits per heavy atom. The molecule has 3 heterocycles. The highest BCUT2D eigenvalue weighted by atomic mass is 16.5. The molecule has 2 aliphatic rings. The quantitative estimate of drug-likeness (QED) is 0.500. The zero-order chi connectivity index (χ0) is 23.5. The third kappa shape index (κ3) is 4.80. The number of methoxy groups -OCH3 is 1. The van der Waals surface area contributed by atoms with Crippen molar-refractivity contribution < 1.29 is 14.6 Å². The van der Waals surface area contributed by atoms with Gasteiger partial charge in [0.2, 0.25) is 0 Å². The number of nitrogens with zero attached hydrogens (tertiary/aromatic N) is 3. The summed E-state index contributed by atoms with van der Waals surface area (Å²) in [6, 6.07) is 18.4. The van der Waals surface area contributed by atoms with E-state index in [-0.39, 0.29) is 0 Å². The van der Waals surface area contributed by atoms with Crippen LogP contribution in [0.15, 0.2) is 54.6 Å². The minimum Gasteiger partial charge on any atom is -0.497 e. The van der Waals surface area contributed by atoms with E-state index < -0.39 is 6.09 Å². The normalized spacial score (nSPS) is 20.3. The fourth-order valence-electron chi connectivity index (χ4n) is 5.38. The van der Waals surface area contributed by atoms with E-state index in [0.29, 0.717) is 24.9 Å². The van der Waals surface area contributed by atoms with Gasteiger partial charge in [-0.05, 0) is 67.6 Å². The molecule has 2 fully saturated rings. The highest BCUT2D eigenvalue weighted by Crippen LogP contribution is 2.32. The molecule has 5 rings (SSSR count). The van der Waals surface area contributed by atoms with E-state index in [4.69, 9.17) is 9.72 Å². The van der Waals surface area contributed by atoms with Crippen LogP contribution in [0, 0.1) is 11.8 Å². The number of carboxylic acid groups (broad SMARTS) is 1. The first-order chi connectivity index (χ1) is 16.6. The number of pyridine rings is 1. The lowest BCUT2D eigenvalue weighted by Gasteiger charge is -2.32. The predicted molar refractivity (Wildman–Crippen MR) is 134 cm³/mol. The number of piperidine rings is 1. The summed E-state index contributed by atoms with van der Waals surface area (Å²) < 4.78 is 5.29. The van der Waals surface area contributed by atoms with Crippen LogP contribution in [0.1, 0.15) is 12.8 Å². The Labute approximate surface area is 200 Å². The van der Waals surface area contributed by atoms with Crippen LogP contribution in [-0.2, 0) is 0 Å². The Balaban J connectivity index is 1.21. The SMILES string of the molecule is COc1ccc(-c2cc(NCCCN3CC4CCN(C(=O)O)CC4C3)c3ccccc3n2)cc1. The third-order valence-electron chi connectivity index (χ3n) is 7.22. The number of hydrogen-bond donors (Lipinski definition) is 2. The second kappa shape index (κ2) is 9.89. The molecule has 0 bridgehead atoms. The molecule has 2 aromatic carbocycles. The standard InChI is InChI=1S/C27H32N4O3/c1-34-22-9-7-19(8-10-22)25-15-26(23-5-2-3-6-24(23)29-25)28-12-4-13-30-16-20-11-14-31(27(32)33)18-21(20)17-30/h2-3,5-10,15,20-21H,4,11-14,16-18H2,1H3,(H,28,29)(H,32,33). The number of anilines is 1.